The average molecular weight is 309 g/mol. The minimum Gasteiger partial charge on any atom is -0.481 e. The van der Waals surface area contributed by atoms with E-state index in [-0.39, 0.29) is 29.0 Å². The SMILES string of the molecule is Nc1cc2c(cc1Oc1ccc(Cl)c(F)c1)NC(=O)CO2. The van der Waals surface area contributed by atoms with Crippen LogP contribution in [0.2, 0.25) is 5.02 Å². The van der Waals surface area contributed by atoms with Crippen LogP contribution in [0, 0.1) is 5.82 Å². The Hall–Kier alpha value is -2.47. The largest absolute Gasteiger partial charge is 0.481 e. The number of anilines is 2. The number of nitrogen functional groups attached to an aromatic ring is 1. The maximum atomic E-state index is 13.4. The van der Waals surface area contributed by atoms with Gasteiger partial charge in [0.05, 0.1) is 16.4 Å². The summed E-state index contributed by atoms with van der Waals surface area (Å²) in [6.45, 7) is -0.0605. The molecule has 1 amide bonds. The van der Waals surface area contributed by atoms with Crippen molar-refractivity contribution in [2.45, 2.75) is 0 Å². The highest BCUT2D eigenvalue weighted by Gasteiger charge is 2.19. The number of nitrogens with one attached hydrogen (secondary N) is 1. The lowest BCUT2D eigenvalue weighted by Crippen LogP contribution is -2.25. The molecule has 0 aromatic heterocycles. The van der Waals surface area contributed by atoms with Crippen molar-refractivity contribution in [3.8, 4) is 17.2 Å². The highest BCUT2D eigenvalue weighted by atomic mass is 35.5. The highest BCUT2D eigenvalue weighted by Crippen LogP contribution is 2.38. The van der Waals surface area contributed by atoms with Gasteiger partial charge in [-0.2, -0.15) is 0 Å². The Morgan fingerprint density at radius 1 is 1.33 bits per heavy atom. The van der Waals surface area contributed by atoms with Gasteiger partial charge in [-0.15, -0.1) is 0 Å². The number of benzene rings is 2. The number of ether oxygens (including phenoxy) is 2. The predicted molar refractivity (Wildman–Crippen MR) is 76.5 cm³/mol. The number of carbonyl (C=O) groups excluding carboxylic acids is 1. The zero-order valence-electron chi connectivity index (χ0n) is 10.7. The van der Waals surface area contributed by atoms with Crippen LogP contribution in [0.4, 0.5) is 15.8 Å². The van der Waals surface area contributed by atoms with Crippen molar-refractivity contribution in [3.63, 3.8) is 0 Å². The molecule has 0 atom stereocenters. The van der Waals surface area contributed by atoms with Crippen LogP contribution in [0.15, 0.2) is 30.3 Å². The molecule has 0 bridgehead atoms. The van der Waals surface area contributed by atoms with Crippen LogP contribution in [0.3, 0.4) is 0 Å². The monoisotopic (exact) mass is 308 g/mol. The van der Waals surface area contributed by atoms with Gasteiger partial charge in [0, 0.05) is 18.2 Å². The van der Waals surface area contributed by atoms with Crippen molar-refractivity contribution in [1.82, 2.24) is 0 Å². The van der Waals surface area contributed by atoms with Crippen LogP contribution in [-0.2, 0) is 4.79 Å². The van der Waals surface area contributed by atoms with Gasteiger partial charge in [0.2, 0.25) is 0 Å². The van der Waals surface area contributed by atoms with Crippen molar-refractivity contribution in [3.05, 3.63) is 41.2 Å². The third-order valence-electron chi connectivity index (χ3n) is 2.86. The standard InChI is InChI=1S/C14H10ClFN2O3/c15-8-2-1-7(3-9(8)16)21-12-5-11-13(4-10(12)17)20-6-14(19)18-11/h1-5H,6,17H2,(H,18,19). The molecule has 1 aliphatic heterocycles. The van der Waals surface area contributed by atoms with Gasteiger partial charge in [-0.3, -0.25) is 4.79 Å². The van der Waals surface area contributed by atoms with Crippen molar-refractivity contribution in [2.75, 3.05) is 17.7 Å². The molecule has 2 aromatic rings. The minimum absolute atomic E-state index is 0.00132. The van der Waals surface area contributed by atoms with Gasteiger partial charge in [-0.1, -0.05) is 11.6 Å². The number of hydrogen-bond donors (Lipinski definition) is 2. The first-order chi connectivity index (χ1) is 10.0. The average Bonchev–Trinajstić information content (AvgIpc) is 2.44. The number of carbonyl (C=O) groups is 1. The van der Waals surface area contributed by atoms with Crippen LogP contribution in [0.1, 0.15) is 0 Å². The van der Waals surface area contributed by atoms with E-state index in [1.165, 1.54) is 24.3 Å². The molecule has 1 heterocycles. The normalized spacial score (nSPS) is 13.1. The number of amides is 1. The second-order valence-corrected chi connectivity index (χ2v) is 4.81. The Morgan fingerprint density at radius 3 is 2.90 bits per heavy atom. The smallest absolute Gasteiger partial charge is 0.262 e. The molecule has 0 unspecified atom stereocenters. The Bertz CT molecular complexity index is 736. The number of hydrogen-bond acceptors (Lipinski definition) is 4. The zero-order chi connectivity index (χ0) is 15.0. The van der Waals surface area contributed by atoms with Crippen LogP contribution >= 0.6 is 11.6 Å². The van der Waals surface area contributed by atoms with Gasteiger partial charge >= 0.3 is 0 Å². The van der Waals surface area contributed by atoms with Crippen LogP contribution < -0.4 is 20.5 Å². The first-order valence-electron chi connectivity index (χ1n) is 6.02. The first kappa shape index (κ1) is 13.5. The summed E-state index contributed by atoms with van der Waals surface area (Å²) in [6, 6.07) is 7.10. The maximum Gasteiger partial charge on any atom is 0.262 e. The van der Waals surface area contributed by atoms with E-state index in [1.54, 1.807) is 0 Å². The molecule has 0 saturated heterocycles. The summed E-state index contributed by atoms with van der Waals surface area (Å²) in [5, 5.41) is 2.64. The molecule has 2 aromatic carbocycles. The molecule has 0 saturated carbocycles. The van der Waals surface area contributed by atoms with Crippen molar-refractivity contribution < 1.29 is 18.7 Å². The molecule has 0 spiro atoms. The molecule has 0 fully saturated rings. The fourth-order valence-electron chi connectivity index (χ4n) is 1.88. The first-order valence-corrected chi connectivity index (χ1v) is 6.40. The number of rotatable bonds is 2. The van der Waals surface area contributed by atoms with E-state index in [9.17, 15) is 9.18 Å². The van der Waals surface area contributed by atoms with Gasteiger partial charge in [-0.05, 0) is 12.1 Å². The number of fused-ring (bicyclic) bond motifs is 1. The summed E-state index contributed by atoms with van der Waals surface area (Å²) in [4.78, 5) is 11.3. The molecular weight excluding hydrogens is 299 g/mol. The van der Waals surface area contributed by atoms with Crippen LogP contribution in [0.5, 0.6) is 17.2 Å². The van der Waals surface area contributed by atoms with E-state index in [4.69, 9.17) is 26.8 Å². The zero-order valence-corrected chi connectivity index (χ0v) is 11.4. The van der Waals surface area contributed by atoms with Gasteiger partial charge < -0.3 is 20.5 Å². The molecule has 0 radical (unpaired) electrons. The summed E-state index contributed by atoms with van der Waals surface area (Å²) >= 11 is 5.61. The minimum atomic E-state index is -0.595. The molecule has 21 heavy (non-hydrogen) atoms. The van der Waals surface area contributed by atoms with Crippen LogP contribution in [0.25, 0.3) is 0 Å². The second kappa shape index (κ2) is 5.14. The molecule has 5 nitrogen and oxygen atoms in total. The number of halogens is 2. The molecule has 108 valence electrons. The van der Waals surface area contributed by atoms with Gasteiger partial charge in [0.15, 0.2) is 12.4 Å². The molecule has 3 N–H and O–H groups in total. The van der Waals surface area contributed by atoms with Gasteiger partial charge in [0.25, 0.3) is 5.91 Å². The fraction of sp³-hybridized carbons (Fsp3) is 0.0714. The Kier molecular flexibility index (Phi) is 3.31. The van der Waals surface area contributed by atoms with E-state index >= 15 is 0 Å². The lowest BCUT2D eigenvalue weighted by atomic mass is 10.2. The predicted octanol–water partition coefficient (Wildman–Crippen LogP) is 3.18. The Morgan fingerprint density at radius 2 is 2.14 bits per heavy atom. The van der Waals surface area contributed by atoms with Gasteiger partial charge in [0.1, 0.15) is 17.3 Å². The molecule has 3 rings (SSSR count). The van der Waals surface area contributed by atoms with Crippen LogP contribution in [-0.4, -0.2) is 12.5 Å². The topological polar surface area (TPSA) is 73.6 Å². The van der Waals surface area contributed by atoms with Crippen molar-refractivity contribution in [1.29, 1.82) is 0 Å². The maximum absolute atomic E-state index is 13.4. The summed E-state index contributed by atoms with van der Waals surface area (Å²) in [6.07, 6.45) is 0. The molecule has 0 aliphatic carbocycles. The summed E-state index contributed by atoms with van der Waals surface area (Å²) in [7, 11) is 0. The Labute approximate surface area is 124 Å². The molecule has 1 aliphatic rings. The quantitative estimate of drug-likeness (QED) is 0.836. The Balaban J connectivity index is 1.93. The summed E-state index contributed by atoms with van der Waals surface area (Å²) < 4.78 is 24.1. The molecular formula is C14H10ClFN2O3. The van der Waals surface area contributed by atoms with E-state index in [0.717, 1.165) is 6.07 Å². The lowest BCUT2D eigenvalue weighted by Gasteiger charge is -2.20. The number of nitrogens with two attached hydrogens (primary N) is 1. The van der Waals surface area contributed by atoms with Gasteiger partial charge in [-0.25, -0.2) is 4.39 Å². The fourth-order valence-corrected chi connectivity index (χ4v) is 2.00. The molecule has 7 heteroatoms. The van der Waals surface area contributed by atoms with E-state index in [0.29, 0.717) is 17.1 Å². The lowest BCUT2D eigenvalue weighted by molar-refractivity contribution is -0.118. The van der Waals surface area contributed by atoms with E-state index in [1.807, 2.05) is 0 Å². The van der Waals surface area contributed by atoms with E-state index < -0.39 is 5.82 Å². The highest BCUT2D eigenvalue weighted by molar-refractivity contribution is 6.30. The van der Waals surface area contributed by atoms with Crippen molar-refractivity contribution in [2.24, 2.45) is 0 Å². The summed E-state index contributed by atoms with van der Waals surface area (Å²) in [5.74, 6) is 0.118. The third kappa shape index (κ3) is 2.71. The summed E-state index contributed by atoms with van der Waals surface area (Å²) in [5.41, 5.74) is 6.61. The second-order valence-electron chi connectivity index (χ2n) is 4.40. The van der Waals surface area contributed by atoms with Crippen molar-refractivity contribution >= 4 is 28.9 Å². The van der Waals surface area contributed by atoms with E-state index in [2.05, 4.69) is 5.32 Å². The third-order valence-corrected chi connectivity index (χ3v) is 3.17.